The van der Waals surface area contributed by atoms with Gasteiger partial charge in [-0.15, -0.1) is 12.4 Å². The topological polar surface area (TPSA) is 28.2 Å². The molecule has 34 heavy (non-hydrogen) atoms. The number of rotatable bonds is 8. The van der Waals surface area contributed by atoms with Crippen molar-refractivity contribution < 1.29 is 9.47 Å². The van der Waals surface area contributed by atoms with Crippen LogP contribution >= 0.6 is 12.4 Å². The second kappa shape index (κ2) is 11.5. The third-order valence-corrected chi connectivity index (χ3v) is 6.43. The van der Waals surface area contributed by atoms with Gasteiger partial charge in [-0.3, -0.25) is 4.90 Å². The zero-order valence-electron chi connectivity index (χ0n) is 19.9. The zero-order valence-corrected chi connectivity index (χ0v) is 20.7. The highest BCUT2D eigenvalue weighted by Gasteiger charge is 2.24. The van der Waals surface area contributed by atoms with Gasteiger partial charge in [0, 0.05) is 32.7 Å². The Morgan fingerprint density at radius 1 is 0.735 bits per heavy atom. The van der Waals surface area contributed by atoms with Crippen LogP contribution in [0.5, 0.6) is 17.2 Å². The third-order valence-electron chi connectivity index (χ3n) is 6.43. The minimum atomic E-state index is 0. The fraction of sp³-hybridized carbons (Fsp3) is 0.357. The lowest BCUT2D eigenvalue weighted by atomic mass is 10.1. The molecule has 0 aromatic heterocycles. The number of fused-ring (bicyclic) bond motifs is 2. The molecule has 0 N–H and O–H groups in total. The minimum Gasteiger partial charge on any atom is -0.491 e. The summed E-state index contributed by atoms with van der Waals surface area (Å²) in [4.78, 5) is 7.46. The van der Waals surface area contributed by atoms with Crippen molar-refractivity contribution in [2.45, 2.75) is 19.8 Å². The van der Waals surface area contributed by atoms with E-state index in [0.717, 1.165) is 87.3 Å². The minimum absolute atomic E-state index is 0. The fourth-order valence-corrected chi connectivity index (χ4v) is 4.74. The van der Waals surface area contributed by atoms with Gasteiger partial charge in [0.1, 0.15) is 5.75 Å². The van der Waals surface area contributed by atoms with Gasteiger partial charge in [0.25, 0.3) is 0 Å². The summed E-state index contributed by atoms with van der Waals surface area (Å²) in [5.41, 5.74) is 3.54. The summed E-state index contributed by atoms with van der Waals surface area (Å²) in [7, 11) is 0. The predicted molar refractivity (Wildman–Crippen MR) is 143 cm³/mol. The molecule has 5 rings (SSSR count). The van der Waals surface area contributed by atoms with Crippen molar-refractivity contribution in [1.82, 2.24) is 4.90 Å². The molecule has 0 amide bonds. The number of benzene rings is 3. The number of nitrogens with zero attached hydrogens (tertiary/aromatic N) is 3. The first kappa shape index (κ1) is 24.2. The van der Waals surface area contributed by atoms with Crippen LogP contribution in [0.15, 0.2) is 72.8 Å². The van der Waals surface area contributed by atoms with Gasteiger partial charge >= 0.3 is 0 Å². The van der Waals surface area contributed by atoms with Crippen LogP contribution in [0.1, 0.15) is 19.8 Å². The molecule has 1 fully saturated rings. The molecule has 0 aliphatic carbocycles. The van der Waals surface area contributed by atoms with Crippen molar-refractivity contribution in [2.24, 2.45) is 0 Å². The maximum absolute atomic E-state index is 6.12. The highest BCUT2D eigenvalue weighted by molar-refractivity contribution is 5.85. The highest BCUT2D eigenvalue weighted by atomic mass is 35.5. The third kappa shape index (κ3) is 5.26. The van der Waals surface area contributed by atoms with E-state index in [0.29, 0.717) is 0 Å². The number of para-hydroxylation sites is 6. The summed E-state index contributed by atoms with van der Waals surface area (Å²) in [6, 6.07) is 25.1. The van der Waals surface area contributed by atoms with Crippen LogP contribution in [0.25, 0.3) is 0 Å². The lowest BCUT2D eigenvalue weighted by Gasteiger charge is -2.37. The van der Waals surface area contributed by atoms with Crippen molar-refractivity contribution in [3.8, 4) is 17.2 Å². The Morgan fingerprint density at radius 2 is 1.32 bits per heavy atom. The van der Waals surface area contributed by atoms with Gasteiger partial charge in [-0.25, -0.2) is 0 Å². The number of anilines is 3. The molecule has 0 radical (unpaired) electrons. The van der Waals surface area contributed by atoms with E-state index in [1.165, 1.54) is 5.69 Å². The first-order chi connectivity index (χ1) is 16.3. The second-order valence-corrected chi connectivity index (χ2v) is 8.69. The largest absolute Gasteiger partial charge is 0.491 e. The maximum Gasteiger partial charge on any atom is 0.151 e. The number of hydrogen-bond acceptors (Lipinski definition) is 5. The maximum atomic E-state index is 6.12. The molecular formula is C28H34ClN3O2. The predicted octanol–water partition coefficient (Wildman–Crippen LogP) is 6.35. The van der Waals surface area contributed by atoms with Gasteiger partial charge < -0.3 is 19.3 Å². The van der Waals surface area contributed by atoms with E-state index in [-0.39, 0.29) is 12.4 Å². The fourth-order valence-electron chi connectivity index (χ4n) is 4.74. The number of hydrogen-bond donors (Lipinski definition) is 0. The normalized spacial score (nSPS) is 15.1. The van der Waals surface area contributed by atoms with Crippen LogP contribution in [-0.2, 0) is 0 Å². The Bertz CT molecular complexity index is 1020. The smallest absolute Gasteiger partial charge is 0.151 e. The van der Waals surface area contributed by atoms with Crippen molar-refractivity contribution in [3.63, 3.8) is 0 Å². The van der Waals surface area contributed by atoms with Gasteiger partial charge in [0.05, 0.1) is 23.7 Å². The van der Waals surface area contributed by atoms with E-state index in [9.17, 15) is 0 Å². The summed E-state index contributed by atoms with van der Waals surface area (Å²) in [6.07, 6.45) is 2.14. The SMILES string of the molecule is CCCOc1ccccc1N1CCN(CCCN2c3ccccc3Oc3ccccc32)CC1.Cl. The summed E-state index contributed by atoms with van der Waals surface area (Å²) >= 11 is 0. The van der Waals surface area contributed by atoms with Crippen LogP contribution in [0.3, 0.4) is 0 Å². The molecule has 1 saturated heterocycles. The monoisotopic (exact) mass is 479 g/mol. The van der Waals surface area contributed by atoms with Crippen LogP contribution in [0.2, 0.25) is 0 Å². The van der Waals surface area contributed by atoms with Crippen LogP contribution in [0.4, 0.5) is 17.1 Å². The van der Waals surface area contributed by atoms with Crippen LogP contribution in [-0.4, -0.2) is 50.8 Å². The Hall–Kier alpha value is -2.89. The lowest BCUT2D eigenvalue weighted by molar-refractivity contribution is 0.254. The number of piperazine rings is 1. The first-order valence-electron chi connectivity index (χ1n) is 12.2. The molecule has 2 aliphatic rings. The van der Waals surface area contributed by atoms with E-state index in [2.05, 4.69) is 82.3 Å². The molecule has 5 nitrogen and oxygen atoms in total. The molecule has 0 unspecified atom stereocenters. The van der Waals surface area contributed by atoms with Crippen molar-refractivity contribution >= 4 is 29.5 Å². The van der Waals surface area contributed by atoms with Gasteiger partial charge in [-0.05, 0) is 55.8 Å². The quantitative estimate of drug-likeness (QED) is 0.375. The zero-order chi connectivity index (χ0) is 22.5. The van der Waals surface area contributed by atoms with Gasteiger partial charge in [0.2, 0.25) is 0 Å². The number of ether oxygens (including phenoxy) is 2. The summed E-state index contributed by atoms with van der Waals surface area (Å²) in [5, 5.41) is 0. The molecule has 2 aliphatic heterocycles. The molecule has 3 aromatic carbocycles. The number of halogens is 1. The molecular weight excluding hydrogens is 446 g/mol. The summed E-state index contributed by atoms with van der Waals surface area (Å²) in [6.45, 7) is 9.23. The van der Waals surface area contributed by atoms with Gasteiger partial charge in [0.15, 0.2) is 11.5 Å². The van der Waals surface area contributed by atoms with E-state index < -0.39 is 0 Å². The van der Waals surface area contributed by atoms with Crippen molar-refractivity contribution in [1.29, 1.82) is 0 Å². The van der Waals surface area contributed by atoms with Gasteiger partial charge in [-0.1, -0.05) is 43.3 Å². The van der Waals surface area contributed by atoms with E-state index in [1.807, 2.05) is 12.1 Å². The van der Waals surface area contributed by atoms with Crippen LogP contribution in [0, 0.1) is 0 Å². The van der Waals surface area contributed by atoms with Crippen LogP contribution < -0.4 is 19.3 Å². The summed E-state index contributed by atoms with van der Waals surface area (Å²) < 4.78 is 12.1. The van der Waals surface area contributed by atoms with Crippen molar-refractivity contribution in [2.75, 3.05) is 55.7 Å². The molecule has 2 heterocycles. The average molecular weight is 480 g/mol. The van der Waals surface area contributed by atoms with Gasteiger partial charge in [-0.2, -0.15) is 0 Å². The standard InChI is InChI=1S/C28H33N3O2.ClH/c1-2-22-32-26-13-6-3-10-23(26)30-20-18-29(19-21-30)16-9-17-31-24-11-4-7-14-27(24)33-28-15-8-5-12-25(28)31;/h3-8,10-15H,2,9,16-22H2,1H3;1H. The molecule has 0 bridgehead atoms. The Labute approximate surface area is 209 Å². The Morgan fingerprint density at radius 3 is 1.97 bits per heavy atom. The van der Waals surface area contributed by atoms with E-state index >= 15 is 0 Å². The summed E-state index contributed by atoms with van der Waals surface area (Å²) in [5.74, 6) is 2.89. The molecule has 180 valence electrons. The first-order valence-corrected chi connectivity index (χ1v) is 12.2. The molecule has 0 spiro atoms. The van der Waals surface area contributed by atoms with E-state index in [1.54, 1.807) is 0 Å². The molecule has 3 aromatic rings. The lowest BCUT2D eigenvalue weighted by Crippen LogP contribution is -2.47. The molecule has 0 saturated carbocycles. The molecule has 6 heteroatoms. The molecule has 0 atom stereocenters. The van der Waals surface area contributed by atoms with Crippen molar-refractivity contribution in [3.05, 3.63) is 72.8 Å². The Balaban J connectivity index is 0.00000274. The average Bonchev–Trinajstić information content (AvgIpc) is 2.87. The Kier molecular flexibility index (Phi) is 8.20. The van der Waals surface area contributed by atoms with E-state index in [4.69, 9.17) is 9.47 Å². The second-order valence-electron chi connectivity index (χ2n) is 8.69. The highest BCUT2D eigenvalue weighted by Crippen LogP contribution is 2.46.